The van der Waals surface area contributed by atoms with E-state index in [0.717, 1.165) is 26.1 Å². The lowest BCUT2D eigenvalue weighted by Crippen LogP contribution is -2.52. The van der Waals surface area contributed by atoms with Crippen LogP contribution in [0.15, 0.2) is 18.3 Å². The third kappa shape index (κ3) is 3.36. The normalized spacial score (nSPS) is 14.1. The molecule has 0 saturated heterocycles. The van der Waals surface area contributed by atoms with Crippen LogP contribution in [-0.4, -0.2) is 35.1 Å². The van der Waals surface area contributed by atoms with Crippen molar-refractivity contribution in [3.63, 3.8) is 0 Å². The van der Waals surface area contributed by atoms with E-state index in [2.05, 4.69) is 62.0 Å². The van der Waals surface area contributed by atoms with E-state index in [-0.39, 0.29) is 5.54 Å². The summed E-state index contributed by atoms with van der Waals surface area (Å²) < 4.78 is 0. The number of aromatic amines is 1. The van der Waals surface area contributed by atoms with Crippen LogP contribution in [0.5, 0.6) is 0 Å². The van der Waals surface area contributed by atoms with Crippen LogP contribution < -0.4 is 5.32 Å². The van der Waals surface area contributed by atoms with Crippen LogP contribution >= 0.6 is 0 Å². The van der Waals surface area contributed by atoms with Crippen LogP contribution in [0.25, 0.3) is 0 Å². The molecule has 2 N–H and O–H groups in total. The van der Waals surface area contributed by atoms with E-state index in [0.29, 0.717) is 6.04 Å². The number of H-pyrrole nitrogens is 1. The molecule has 0 aliphatic heterocycles. The Kier molecular flexibility index (Phi) is 5.89. The van der Waals surface area contributed by atoms with Crippen LogP contribution in [0.2, 0.25) is 0 Å². The fourth-order valence-electron chi connectivity index (χ4n) is 2.77. The second-order valence-electron chi connectivity index (χ2n) is 5.34. The summed E-state index contributed by atoms with van der Waals surface area (Å²) in [6, 6.07) is 4.60. The first kappa shape index (κ1) is 15.3. The summed E-state index contributed by atoms with van der Waals surface area (Å²) in [5, 5.41) is 3.69. The first-order chi connectivity index (χ1) is 8.57. The SMILES string of the molecule is CCCNC(c1ccc[nH]1)C(C)(C)N(CC)CC. The molecule has 104 valence electrons. The molecule has 1 unspecified atom stereocenters. The van der Waals surface area contributed by atoms with E-state index in [1.807, 2.05) is 6.20 Å². The topological polar surface area (TPSA) is 31.1 Å². The molecule has 0 spiro atoms. The summed E-state index contributed by atoms with van der Waals surface area (Å²) in [7, 11) is 0. The van der Waals surface area contributed by atoms with Crippen molar-refractivity contribution < 1.29 is 0 Å². The maximum atomic E-state index is 3.69. The highest BCUT2D eigenvalue weighted by molar-refractivity contribution is 5.15. The number of aromatic nitrogens is 1. The van der Waals surface area contributed by atoms with Crippen LogP contribution in [0.3, 0.4) is 0 Å². The molecule has 0 aromatic carbocycles. The summed E-state index contributed by atoms with van der Waals surface area (Å²) in [6.45, 7) is 14.5. The van der Waals surface area contributed by atoms with Gasteiger partial charge in [0.2, 0.25) is 0 Å². The highest BCUT2D eigenvalue weighted by Crippen LogP contribution is 2.30. The standard InChI is InChI=1S/C15H29N3/c1-6-11-17-14(13-10-9-12-16-13)15(4,5)18(7-2)8-3/h9-10,12,14,16-17H,6-8,11H2,1-5H3. The Bertz CT molecular complexity index is 312. The molecule has 0 radical (unpaired) electrons. The predicted molar refractivity (Wildman–Crippen MR) is 78.8 cm³/mol. The van der Waals surface area contributed by atoms with Gasteiger partial charge in [0.25, 0.3) is 0 Å². The minimum absolute atomic E-state index is 0.101. The first-order valence-corrected chi connectivity index (χ1v) is 7.19. The van der Waals surface area contributed by atoms with E-state index in [1.54, 1.807) is 0 Å². The maximum Gasteiger partial charge on any atom is 0.0654 e. The molecule has 3 heteroatoms. The van der Waals surface area contributed by atoms with Gasteiger partial charge in [0, 0.05) is 17.4 Å². The quantitative estimate of drug-likeness (QED) is 0.743. The fourth-order valence-corrected chi connectivity index (χ4v) is 2.77. The van der Waals surface area contributed by atoms with E-state index >= 15 is 0 Å². The highest BCUT2D eigenvalue weighted by Gasteiger charge is 2.35. The zero-order valence-electron chi connectivity index (χ0n) is 12.6. The van der Waals surface area contributed by atoms with Crippen LogP contribution in [0.4, 0.5) is 0 Å². The average molecular weight is 251 g/mol. The molecule has 1 aromatic heterocycles. The molecule has 1 aromatic rings. The molecule has 1 heterocycles. The van der Waals surface area contributed by atoms with Gasteiger partial charge < -0.3 is 10.3 Å². The van der Waals surface area contributed by atoms with Gasteiger partial charge in [-0.05, 0) is 52.0 Å². The van der Waals surface area contributed by atoms with Gasteiger partial charge in [-0.3, -0.25) is 4.90 Å². The van der Waals surface area contributed by atoms with Crippen LogP contribution in [0.1, 0.15) is 52.8 Å². The average Bonchev–Trinajstić information content (AvgIpc) is 2.84. The van der Waals surface area contributed by atoms with Gasteiger partial charge in [-0.15, -0.1) is 0 Å². The number of nitrogens with zero attached hydrogens (tertiary/aromatic N) is 1. The summed E-state index contributed by atoms with van der Waals surface area (Å²) in [5.74, 6) is 0. The van der Waals surface area contributed by atoms with E-state index in [4.69, 9.17) is 0 Å². The summed E-state index contributed by atoms with van der Waals surface area (Å²) in [4.78, 5) is 5.88. The van der Waals surface area contributed by atoms with Gasteiger partial charge in [0.1, 0.15) is 0 Å². The van der Waals surface area contributed by atoms with Gasteiger partial charge in [0.15, 0.2) is 0 Å². The third-order valence-corrected chi connectivity index (χ3v) is 3.82. The Morgan fingerprint density at radius 1 is 1.28 bits per heavy atom. The van der Waals surface area contributed by atoms with Crippen molar-refractivity contribution in [1.29, 1.82) is 0 Å². The molecule has 3 nitrogen and oxygen atoms in total. The number of likely N-dealkylation sites (N-methyl/N-ethyl adjacent to an activating group) is 1. The third-order valence-electron chi connectivity index (χ3n) is 3.82. The van der Waals surface area contributed by atoms with E-state index in [1.165, 1.54) is 5.69 Å². The lowest BCUT2D eigenvalue weighted by Gasteiger charge is -2.43. The van der Waals surface area contributed by atoms with Crippen molar-refractivity contribution in [2.45, 2.75) is 52.6 Å². The van der Waals surface area contributed by atoms with Gasteiger partial charge >= 0.3 is 0 Å². The molecule has 1 atom stereocenters. The van der Waals surface area contributed by atoms with Gasteiger partial charge in [-0.25, -0.2) is 0 Å². The highest BCUT2D eigenvalue weighted by atomic mass is 15.2. The number of hydrogen-bond donors (Lipinski definition) is 2. The number of rotatable bonds is 8. The number of hydrogen-bond acceptors (Lipinski definition) is 2. The Balaban J connectivity index is 2.94. The Morgan fingerprint density at radius 3 is 2.39 bits per heavy atom. The lowest BCUT2D eigenvalue weighted by molar-refractivity contribution is 0.0897. The molecule has 0 fully saturated rings. The molecule has 0 aliphatic carbocycles. The molecule has 18 heavy (non-hydrogen) atoms. The summed E-state index contributed by atoms with van der Waals surface area (Å²) in [6.07, 6.45) is 3.17. The monoisotopic (exact) mass is 251 g/mol. The zero-order valence-corrected chi connectivity index (χ0v) is 12.6. The molecule has 0 bridgehead atoms. The zero-order chi connectivity index (χ0) is 13.6. The molecular formula is C15H29N3. The van der Waals surface area contributed by atoms with Crippen molar-refractivity contribution in [1.82, 2.24) is 15.2 Å². The van der Waals surface area contributed by atoms with Crippen molar-refractivity contribution in [3.8, 4) is 0 Å². The van der Waals surface area contributed by atoms with Gasteiger partial charge in [-0.2, -0.15) is 0 Å². The van der Waals surface area contributed by atoms with Crippen molar-refractivity contribution in [2.75, 3.05) is 19.6 Å². The van der Waals surface area contributed by atoms with Crippen molar-refractivity contribution in [2.24, 2.45) is 0 Å². The van der Waals surface area contributed by atoms with Crippen LogP contribution in [-0.2, 0) is 0 Å². The Hall–Kier alpha value is -0.800. The predicted octanol–water partition coefficient (Wildman–Crippen LogP) is 3.18. The van der Waals surface area contributed by atoms with Crippen LogP contribution in [0, 0.1) is 0 Å². The molecule has 0 amide bonds. The van der Waals surface area contributed by atoms with Crippen molar-refractivity contribution >= 4 is 0 Å². The van der Waals surface area contributed by atoms with E-state index in [9.17, 15) is 0 Å². The number of nitrogens with one attached hydrogen (secondary N) is 2. The van der Waals surface area contributed by atoms with Gasteiger partial charge in [-0.1, -0.05) is 20.8 Å². The molecule has 1 rings (SSSR count). The van der Waals surface area contributed by atoms with E-state index < -0.39 is 0 Å². The largest absolute Gasteiger partial charge is 0.364 e. The minimum atomic E-state index is 0.101. The molecule has 0 saturated carbocycles. The second-order valence-corrected chi connectivity index (χ2v) is 5.34. The lowest BCUT2D eigenvalue weighted by atomic mass is 9.89. The smallest absolute Gasteiger partial charge is 0.0654 e. The Labute approximate surface area is 112 Å². The maximum absolute atomic E-state index is 3.69. The fraction of sp³-hybridized carbons (Fsp3) is 0.733. The van der Waals surface area contributed by atoms with Crippen molar-refractivity contribution in [3.05, 3.63) is 24.0 Å². The first-order valence-electron chi connectivity index (χ1n) is 7.19. The Morgan fingerprint density at radius 2 is 1.94 bits per heavy atom. The summed E-state index contributed by atoms with van der Waals surface area (Å²) in [5.41, 5.74) is 1.38. The second kappa shape index (κ2) is 6.95. The molecular weight excluding hydrogens is 222 g/mol. The summed E-state index contributed by atoms with van der Waals surface area (Å²) >= 11 is 0. The van der Waals surface area contributed by atoms with Gasteiger partial charge in [0.05, 0.1) is 6.04 Å². The molecule has 0 aliphatic rings. The minimum Gasteiger partial charge on any atom is -0.364 e.